The van der Waals surface area contributed by atoms with Gasteiger partial charge in [0.1, 0.15) is 0 Å². The van der Waals surface area contributed by atoms with Crippen molar-refractivity contribution in [3.8, 4) is 0 Å². The van der Waals surface area contributed by atoms with Crippen molar-refractivity contribution in [3.05, 3.63) is 0 Å². The molecule has 2 unspecified atom stereocenters. The molecule has 1 saturated carbocycles. The quantitative estimate of drug-likeness (QED) is 0.643. The van der Waals surface area contributed by atoms with Crippen molar-refractivity contribution in [1.29, 1.82) is 0 Å². The van der Waals surface area contributed by atoms with Gasteiger partial charge in [0.25, 0.3) is 0 Å². The molecule has 2 N–H and O–H groups in total. The third-order valence-electron chi connectivity index (χ3n) is 3.02. The van der Waals surface area contributed by atoms with Crippen molar-refractivity contribution >= 4 is 0 Å². The average Bonchev–Trinajstić information content (AvgIpc) is 2.86. The summed E-state index contributed by atoms with van der Waals surface area (Å²) in [6.07, 6.45) is 3.71. The molecule has 2 fully saturated rings. The number of likely N-dealkylation sites (N-methyl/N-ethyl adjacent to an activating group) is 1. The lowest BCUT2D eigenvalue weighted by Crippen LogP contribution is -2.52. The molecular weight excluding hydrogens is 152 g/mol. The molecular formula is C9H18N2O. The highest BCUT2D eigenvalue weighted by molar-refractivity contribution is 4.92. The highest BCUT2D eigenvalue weighted by Crippen LogP contribution is 2.28. The first-order chi connectivity index (χ1) is 5.79. The molecule has 12 heavy (non-hydrogen) atoms. The lowest BCUT2D eigenvalue weighted by Gasteiger charge is -2.35. The molecule has 0 aromatic rings. The zero-order chi connectivity index (χ0) is 8.55. The average molecular weight is 170 g/mol. The van der Waals surface area contributed by atoms with E-state index in [9.17, 15) is 0 Å². The Hall–Kier alpha value is -0.120. The summed E-state index contributed by atoms with van der Waals surface area (Å²) < 4.78 is 5.43. The number of nitrogens with zero attached hydrogens (tertiary/aromatic N) is 1. The van der Waals surface area contributed by atoms with E-state index in [0.717, 1.165) is 25.7 Å². The SMILES string of the molecule is CN(C1CC1)C1COCCC1N. The van der Waals surface area contributed by atoms with E-state index in [0.29, 0.717) is 12.1 Å². The molecule has 1 aliphatic heterocycles. The van der Waals surface area contributed by atoms with Gasteiger partial charge in [-0.2, -0.15) is 0 Å². The van der Waals surface area contributed by atoms with Gasteiger partial charge >= 0.3 is 0 Å². The summed E-state index contributed by atoms with van der Waals surface area (Å²) in [6, 6.07) is 1.58. The van der Waals surface area contributed by atoms with Crippen LogP contribution < -0.4 is 5.73 Å². The number of hydrogen-bond acceptors (Lipinski definition) is 3. The van der Waals surface area contributed by atoms with E-state index in [1.54, 1.807) is 0 Å². The summed E-state index contributed by atoms with van der Waals surface area (Å²) in [7, 11) is 2.18. The van der Waals surface area contributed by atoms with Crippen molar-refractivity contribution in [2.45, 2.75) is 37.4 Å². The van der Waals surface area contributed by atoms with Crippen LogP contribution in [-0.2, 0) is 4.74 Å². The van der Waals surface area contributed by atoms with E-state index in [2.05, 4.69) is 11.9 Å². The van der Waals surface area contributed by atoms with Crippen LogP contribution in [0.2, 0.25) is 0 Å². The smallest absolute Gasteiger partial charge is 0.0636 e. The Morgan fingerprint density at radius 2 is 2.08 bits per heavy atom. The fraction of sp³-hybridized carbons (Fsp3) is 1.00. The van der Waals surface area contributed by atoms with Crippen LogP contribution in [0.25, 0.3) is 0 Å². The highest BCUT2D eigenvalue weighted by atomic mass is 16.5. The summed E-state index contributed by atoms with van der Waals surface area (Å²) >= 11 is 0. The van der Waals surface area contributed by atoms with Crippen LogP contribution >= 0.6 is 0 Å². The summed E-state index contributed by atoms with van der Waals surface area (Å²) in [4.78, 5) is 2.41. The van der Waals surface area contributed by atoms with Gasteiger partial charge in [-0.3, -0.25) is 4.90 Å². The van der Waals surface area contributed by atoms with Gasteiger partial charge in [0.2, 0.25) is 0 Å². The molecule has 0 spiro atoms. The van der Waals surface area contributed by atoms with Gasteiger partial charge < -0.3 is 10.5 Å². The second-order valence-corrected chi connectivity index (χ2v) is 3.99. The molecule has 0 bridgehead atoms. The Morgan fingerprint density at radius 1 is 1.33 bits per heavy atom. The summed E-state index contributed by atoms with van der Waals surface area (Å²) in [6.45, 7) is 1.67. The minimum absolute atomic E-state index is 0.323. The van der Waals surface area contributed by atoms with Gasteiger partial charge in [-0.25, -0.2) is 0 Å². The van der Waals surface area contributed by atoms with E-state index in [4.69, 9.17) is 10.5 Å². The zero-order valence-corrected chi connectivity index (χ0v) is 7.70. The Bertz CT molecular complexity index is 159. The molecule has 3 nitrogen and oxygen atoms in total. The molecule has 2 atom stereocenters. The number of rotatable bonds is 2. The van der Waals surface area contributed by atoms with Crippen LogP contribution in [-0.4, -0.2) is 43.3 Å². The minimum atomic E-state index is 0.323. The van der Waals surface area contributed by atoms with E-state index in [1.165, 1.54) is 12.8 Å². The topological polar surface area (TPSA) is 38.5 Å². The monoisotopic (exact) mass is 170 g/mol. The largest absolute Gasteiger partial charge is 0.380 e. The summed E-state index contributed by atoms with van der Waals surface area (Å²) in [5.41, 5.74) is 6.02. The van der Waals surface area contributed by atoms with Crippen molar-refractivity contribution in [2.75, 3.05) is 20.3 Å². The molecule has 70 valence electrons. The first kappa shape index (κ1) is 8.48. The van der Waals surface area contributed by atoms with Crippen LogP contribution in [0, 0.1) is 0 Å². The maximum Gasteiger partial charge on any atom is 0.0636 e. The molecule has 0 amide bonds. The van der Waals surface area contributed by atoms with Crippen molar-refractivity contribution in [1.82, 2.24) is 4.90 Å². The van der Waals surface area contributed by atoms with E-state index in [-0.39, 0.29) is 0 Å². The van der Waals surface area contributed by atoms with Crippen LogP contribution in [0.5, 0.6) is 0 Å². The first-order valence-corrected chi connectivity index (χ1v) is 4.84. The zero-order valence-electron chi connectivity index (χ0n) is 7.70. The molecule has 1 aliphatic carbocycles. The van der Waals surface area contributed by atoms with Gasteiger partial charge in [-0.1, -0.05) is 0 Å². The molecule has 0 radical (unpaired) electrons. The predicted molar refractivity (Wildman–Crippen MR) is 48.0 cm³/mol. The molecule has 1 heterocycles. The fourth-order valence-electron chi connectivity index (χ4n) is 1.91. The number of hydrogen-bond donors (Lipinski definition) is 1. The Kier molecular flexibility index (Phi) is 2.35. The van der Waals surface area contributed by atoms with Gasteiger partial charge in [0.05, 0.1) is 6.61 Å². The highest BCUT2D eigenvalue weighted by Gasteiger charge is 2.35. The third-order valence-corrected chi connectivity index (χ3v) is 3.02. The van der Waals surface area contributed by atoms with Crippen molar-refractivity contribution in [3.63, 3.8) is 0 Å². The predicted octanol–water partition coefficient (Wildman–Crippen LogP) is 0.197. The van der Waals surface area contributed by atoms with E-state index >= 15 is 0 Å². The van der Waals surface area contributed by atoms with Gasteiger partial charge in [0.15, 0.2) is 0 Å². The third kappa shape index (κ3) is 1.63. The molecule has 2 rings (SSSR count). The number of nitrogens with two attached hydrogens (primary N) is 1. The van der Waals surface area contributed by atoms with Gasteiger partial charge in [0, 0.05) is 24.7 Å². The van der Waals surface area contributed by atoms with Crippen LogP contribution in [0.1, 0.15) is 19.3 Å². The molecule has 0 aromatic heterocycles. The lowest BCUT2D eigenvalue weighted by atomic mass is 10.0. The second kappa shape index (κ2) is 3.32. The Labute approximate surface area is 73.9 Å². The van der Waals surface area contributed by atoms with Crippen molar-refractivity contribution < 1.29 is 4.74 Å². The minimum Gasteiger partial charge on any atom is -0.380 e. The van der Waals surface area contributed by atoms with Gasteiger partial charge in [-0.05, 0) is 26.3 Å². The lowest BCUT2D eigenvalue weighted by molar-refractivity contribution is 0.0126. The molecule has 1 saturated heterocycles. The summed E-state index contributed by atoms with van der Waals surface area (Å²) in [5, 5.41) is 0. The fourth-order valence-corrected chi connectivity index (χ4v) is 1.91. The van der Waals surface area contributed by atoms with Crippen molar-refractivity contribution in [2.24, 2.45) is 5.73 Å². The van der Waals surface area contributed by atoms with Crippen LogP contribution in [0.3, 0.4) is 0 Å². The first-order valence-electron chi connectivity index (χ1n) is 4.84. The summed E-state index contributed by atoms with van der Waals surface area (Å²) in [5.74, 6) is 0. The Balaban J connectivity index is 1.90. The number of ether oxygens (including phenoxy) is 1. The standard InChI is InChI=1S/C9H18N2O/c1-11(7-2-3-7)9-6-12-5-4-8(9)10/h7-9H,2-6,10H2,1H3. The normalized spacial score (nSPS) is 37.2. The maximum atomic E-state index is 6.02. The van der Waals surface area contributed by atoms with E-state index < -0.39 is 0 Å². The second-order valence-electron chi connectivity index (χ2n) is 3.99. The van der Waals surface area contributed by atoms with Crippen LogP contribution in [0.15, 0.2) is 0 Å². The van der Waals surface area contributed by atoms with Gasteiger partial charge in [-0.15, -0.1) is 0 Å². The molecule has 0 aromatic carbocycles. The maximum absolute atomic E-state index is 6.02. The van der Waals surface area contributed by atoms with Crippen LogP contribution in [0.4, 0.5) is 0 Å². The Morgan fingerprint density at radius 3 is 2.67 bits per heavy atom. The molecule has 2 aliphatic rings. The molecule has 3 heteroatoms. The van der Waals surface area contributed by atoms with E-state index in [1.807, 2.05) is 0 Å².